The van der Waals surface area contributed by atoms with Crippen molar-refractivity contribution in [3.8, 4) is 0 Å². The zero-order chi connectivity index (χ0) is 10.2. The Bertz CT molecular complexity index is 247. The molecule has 0 radical (unpaired) electrons. The van der Waals surface area contributed by atoms with E-state index in [9.17, 15) is 4.79 Å². The van der Waals surface area contributed by atoms with E-state index in [1.54, 1.807) is 0 Å². The van der Waals surface area contributed by atoms with Gasteiger partial charge in [0.05, 0.1) is 6.42 Å². The molecule has 0 saturated heterocycles. The summed E-state index contributed by atoms with van der Waals surface area (Å²) in [5.41, 5.74) is 5.72. The molecule has 2 aliphatic rings. The van der Waals surface area contributed by atoms with E-state index >= 15 is 0 Å². The molecule has 4 heteroatoms. The van der Waals surface area contributed by atoms with E-state index in [-0.39, 0.29) is 24.2 Å². The minimum atomic E-state index is -0.681. The first-order valence-corrected chi connectivity index (χ1v) is 5.60. The molecule has 2 rings (SSSR count). The summed E-state index contributed by atoms with van der Waals surface area (Å²) in [6, 6.07) is 0. The fourth-order valence-corrected chi connectivity index (χ4v) is 3.58. The van der Waals surface area contributed by atoms with Crippen LogP contribution < -0.4 is 5.73 Å². The van der Waals surface area contributed by atoms with Crippen LogP contribution in [-0.4, -0.2) is 17.6 Å². The Morgan fingerprint density at radius 3 is 2.60 bits per heavy atom. The first kappa shape index (κ1) is 12.8. The van der Waals surface area contributed by atoms with Crippen molar-refractivity contribution in [1.82, 2.24) is 0 Å². The molecule has 0 aromatic rings. The van der Waals surface area contributed by atoms with Gasteiger partial charge in [-0.15, -0.1) is 12.4 Å². The molecule has 0 aromatic heterocycles. The quantitative estimate of drug-likeness (QED) is 0.784. The Hall–Kier alpha value is -0.280. The number of carboxylic acids is 1. The zero-order valence-corrected chi connectivity index (χ0v) is 9.76. The highest BCUT2D eigenvalue weighted by Gasteiger charge is 2.53. The zero-order valence-electron chi connectivity index (χ0n) is 8.95. The van der Waals surface area contributed by atoms with E-state index in [1.807, 2.05) is 0 Å². The van der Waals surface area contributed by atoms with Crippen LogP contribution in [0.5, 0.6) is 0 Å². The minimum absolute atomic E-state index is 0. The van der Waals surface area contributed by atoms with Crippen molar-refractivity contribution in [1.29, 1.82) is 0 Å². The first-order valence-electron chi connectivity index (χ1n) is 5.60. The smallest absolute Gasteiger partial charge is 0.303 e. The molecule has 2 fully saturated rings. The molecule has 0 bridgehead atoms. The van der Waals surface area contributed by atoms with Gasteiger partial charge in [-0.05, 0) is 36.6 Å². The summed E-state index contributed by atoms with van der Waals surface area (Å²) in [6.07, 6.45) is 6.43. The topological polar surface area (TPSA) is 63.3 Å². The normalized spacial score (nSPS) is 38.5. The van der Waals surface area contributed by atoms with Gasteiger partial charge in [0.25, 0.3) is 0 Å². The lowest BCUT2D eigenvalue weighted by Crippen LogP contribution is -2.54. The number of halogens is 1. The second-order valence-electron chi connectivity index (χ2n) is 4.99. The molecule has 0 amide bonds. The fraction of sp³-hybridized carbons (Fsp3) is 0.909. The van der Waals surface area contributed by atoms with Crippen molar-refractivity contribution in [2.75, 3.05) is 6.54 Å². The number of nitrogens with two attached hydrogens (primary N) is 1. The van der Waals surface area contributed by atoms with E-state index in [0.717, 1.165) is 12.3 Å². The van der Waals surface area contributed by atoms with Crippen molar-refractivity contribution < 1.29 is 9.90 Å². The maximum Gasteiger partial charge on any atom is 0.303 e. The molecular weight excluding hydrogens is 214 g/mol. The van der Waals surface area contributed by atoms with Gasteiger partial charge in [0.1, 0.15) is 0 Å². The Kier molecular flexibility index (Phi) is 4.01. The monoisotopic (exact) mass is 233 g/mol. The van der Waals surface area contributed by atoms with Gasteiger partial charge in [0.2, 0.25) is 0 Å². The van der Waals surface area contributed by atoms with Crippen LogP contribution in [0, 0.1) is 17.3 Å². The highest BCUT2D eigenvalue weighted by Crippen LogP contribution is 2.58. The largest absolute Gasteiger partial charge is 0.481 e. The molecule has 0 aliphatic heterocycles. The van der Waals surface area contributed by atoms with Gasteiger partial charge in [-0.25, -0.2) is 0 Å². The Morgan fingerprint density at radius 2 is 2.07 bits per heavy atom. The van der Waals surface area contributed by atoms with Gasteiger partial charge < -0.3 is 10.8 Å². The second-order valence-corrected chi connectivity index (χ2v) is 4.99. The summed E-state index contributed by atoms with van der Waals surface area (Å²) in [4.78, 5) is 10.8. The van der Waals surface area contributed by atoms with Gasteiger partial charge >= 0.3 is 5.97 Å². The molecule has 3 nitrogen and oxygen atoms in total. The van der Waals surface area contributed by atoms with Crippen molar-refractivity contribution in [2.24, 2.45) is 23.0 Å². The average Bonchev–Trinajstić information content (AvgIpc) is 2.13. The maximum absolute atomic E-state index is 10.8. The standard InChI is InChI=1S/C11H19NO2.ClH/c12-7-11(6-10(13)14)5-8-3-1-2-4-9(8)11;/h8-9H,1-7,12H2,(H,13,14);1H/t8-,9-,11-;/m1./s1. The number of fused-ring (bicyclic) bond motifs is 1. The number of hydrogen-bond donors (Lipinski definition) is 2. The first-order chi connectivity index (χ1) is 6.68. The lowest BCUT2D eigenvalue weighted by molar-refractivity contribution is -0.148. The third kappa shape index (κ3) is 2.13. The predicted molar refractivity (Wildman–Crippen MR) is 61.1 cm³/mol. The Morgan fingerprint density at radius 1 is 1.40 bits per heavy atom. The van der Waals surface area contributed by atoms with Crippen LogP contribution in [0.2, 0.25) is 0 Å². The maximum atomic E-state index is 10.8. The van der Waals surface area contributed by atoms with Crippen LogP contribution in [0.4, 0.5) is 0 Å². The van der Waals surface area contributed by atoms with E-state index in [1.165, 1.54) is 25.7 Å². The summed E-state index contributed by atoms with van der Waals surface area (Å²) >= 11 is 0. The van der Waals surface area contributed by atoms with Crippen molar-refractivity contribution in [3.05, 3.63) is 0 Å². The third-order valence-corrected chi connectivity index (χ3v) is 4.27. The lowest BCUT2D eigenvalue weighted by Gasteiger charge is -2.57. The van der Waals surface area contributed by atoms with Gasteiger partial charge in [0, 0.05) is 0 Å². The van der Waals surface area contributed by atoms with Gasteiger partial charge in [-0.2, -0.15) is 0 Å². The fourth-order valence-electron chi connectivity index (χ4n) is 3.58. The van der Waals surface area contributed by atoms with E-state index in [2.05, 4.69) is 0 Å². The number of aliphatic carboxylic acids is 1. The minimum Gasteiger partial charge on any atom is -0.481 e. The molecular formula is C11H20ClNO2. The van der Waals surface area contributed by atoms with Crippen LogP contribution in [0.25, 0.3) is 0 Å². The van der Waals surface area contributed by atoms with Crippen molar-refractivity contribution in [3.63, 3.8) is 0 Å². The number of carbonyl (C=O) groups is 1. The molecule has 0 spiro atoms. The summed E-state index contributed by atoms with van der Waals surface area (Å²) in [5, 5.41) is 8.88. The number of carboxylic acid groups (broad SMARTS) is 1. The van der Waals surface area contributed by atoms with Crippen LogP contribution in [-0.2, 0) is 4.79 Å². The number of rotatable bonds is 3. The van der Waals surface area contributed by atoms with E-state index in [0.29, 0.717) is 12.5 Å². The predicted octanol–water partition coefficient (Wildman–Crippen LogP) is 2.04. The van der Waals surface area contributed by atoms with Crippen LogP contribution in [0.3, 0.4) is 0 Å². The SMILES string of the molecule is Cl.NC[C@]1(CC(=O)O)C[C@H]2CCCC[C@H]21. The average molecular weight is 234 g/mol. The summed E-state index contributed by atoms with van der Waals surface area (Å²) < 4.78 is 0. The summed E-state index contributed by atoms with van der Waals surface area (Å²) in [5.74, 6) is 0.712. The van der Waals surface area contributed by atoms with Gasteiger partial charge in [-0.1, -0.05) is 19.3 Å². The molecule has 2 saturated carbocycles. The molecule has 0 unspecified atom stereocenters. The van der Waals surface area contributed by atoms with Crippen molar-refractivity contribution >= 4 is 18.4 Å². The molecule has 3 atom stereocenters. The molecule has 88 valence electrons. The molecule has 15 heavy (non-hydrogen) atoms. The van der Waals surface area contributed by atoms with Crippen LogP contribution >= 0.6 is 12.4 Å². The number of hydrogen-bond acceptors (Lipinski definition) is 2. The second kappa shape index (κ2) is 4.71. The van der Waals surface area contributed by atoms with Gasteiger partial charge in [0.15, 0.2) is 0 Å². The highest BCUT2D eigenvalue weighted by atomic mass is 35.5. The third-order valence-electron chi connectivity index (χ3n) is 4.27. The highest BCUT2D eigenvalue weighted by molar-refractivity contribution is 5.85. The van der Waals surface area contributed by atoms with Crippen molar-refractivity contribution in [2.45, 2.75) is 38.5 Å². The molecule has 3 N–H and O–H groups in total. The van der Waals surface area contributed by atoms with Crippen LogP contribution in [0.1, 0.15) is 38.5 Å². The van der Waals surface area contributed by atoms with Gasteiger partial charge in [-0.3, -0.25) is 4.79 Å². The van der Waals surface area contributed by atoms with Crippen LogP contribution in [0.15, 0.2) is 0 Å². The molecule has 2 aliphatic carbocycles. The summed E-state index contributed by atoms with van der Waals surface area (Å²) in [6.45, 7) is 0.556. The molecule has 0 heterocycles. The van der Waals surface area contributed by atoms with E-state index < -0.39 is 5.97 Å². The summed E-state index contributed by atoms with van der Waals surface area (Å²) in [7, 11) is 0. The molecule has 0 aromatic carbocycles. The Balaban J connectivity index is 0.00000112. The van der Waals surface area contributed by atoms with E-state index in [4.69, 9.17) is 10.8 Å². The lowest BCUT2D eigenvalue weighted by atomic mass is 9.48. The Labute approximate surface area is 96.8 Å².